The number of thiazole rings is 1. The lowest BCUT2D eigenvalue weighted by Gasteiger charge is -2.27. The number of piperidine rings is 1. The van der Waals surface area contributed by atoms with E-state index < -0.39 is 5.91 Å². The van der Waals surface area contributed by atoms with Gasteiger partial charge in [0, 0.05) is 24.2 Å². The van der Waals surface area contributed by atoms with Crippen LogP contribution in [0.15, 0.2) is 24.3 Å². The maximum absolute atomic E-state index is 13.9. The van der Waals surface area contributed by atoms with Gasteiger partial charge in [-0.1, -0.05) is 12.1 Å². The van der Waals surface area contributed by atoms with Crippen LogP contribution in [0.3, 0.4) is 0 Å². The number of primary amides is 1. The Morgan fingerprint density at radius 3 is 2.76 bits per heavy atom. The van der Waals surface area contributed by atoms with E-state index in [9.17, 15) is 14.0 Å². The first-order valence-electron chi connectivity index (χ1n) is 11.2. The minimum absolute atomic E-state index is 0.0603. The van der Waals surface area contributed by atoms with Crippen molar-refractivity contribution < 1.29 is 14.0 Å². The number of hydrogen-bond acceptors (Lipinski definition) is 5. The van der Waals surface area contributed by atoms with Crippen LogP contribution in [0.5, 0.6) is 0 Å². The van der Waals surface area contributed by atoms with Crippen molar-refractivity contribution in [3.05, 3.63) is 57.7 Å². The smallest absolute Gasteiger partial charge is 0.274 e. The van der Waals surface area contributed by atoms with E-state index in [0.717, 1.165) is 29.1 Å². The lowest BCUT2D eigenvalue weighted by molar-refractivity contribution is 0.0695. The second-order valence-corrected chi connectivity index (χ2v) is 10.1. The molecule has 1 aliphatic heterocycles. The number of halogens is 1. The fourth-order valence-electron chi connectivity index (χ4n) is 5.18. The standard InChI is InChI=1S/C24H26FN5O2S/c1-4-29-21(23(26)31)18(12(2)28-29)11-17-9-15-10-19(15)30(17)24(32)20-22(33-13(3)27-20)14-6-5-7-16(25)8-14/h5-8,15,17,19H,4,9-11H2,1-3H3,(H2,26,31)/t15-,17+,19+/m1/s1. The van der Waals surface area contributed by atoms with Gasteiger partial charge in [0.05, 0.1) is 15.6 Å². The van der Waals surface area contributed by atoms with Crippen molar-refractivity contribution in [2.24, 2.45) is 11.7 Å². The Balaban J connectivity index is 1.49. The Bertz CT molecular complexity index is 1270. The van der Waals surface area contributed by atoms with Gasteiger partial charge < -0.3 is 10.6 Å². The minimum atomic E-state index is -0.503. The molecule has 3 atom stereocenters. The second-order valence-electron chi connectivity index (χ2n) is 8.88. The van der Waals surface area contributed by atoms with Crippen LogP contribution in [0.2, 0.25) is 0 Å². The third-order valence-electron chi connectivity index (χ3n) is 6.69. The monoisotopic (exact) mass is 467 g/mol. The zero-order chi connectivity index (χ0) is 23.4. The van der Waals surface area contributed by atoms with Crippen molar-refractivity contribution >= 4 is 23.2 Å². The molecule has 2 fully saturated rings. The molecule has 2 amide bonds. The van der Waals surface area contributed by atoms with Crippen LogP contribution in [0.25, 0.3) is 10.4 Å². The maximum atomic E-state index is 13.9. The molecular weight excluding hydrogens is 441 g/mol. The second kappa shape index (κ2) is 8.06. The highest BCUT2D eigenvalue weighted by Crippen LogP contribution is 2.50. The van der Waals surface area contributed by atoms with E-state index in [0.29, 0.717) is 40.7 Å². The van der Waals surface area contributed by atoms with Gasteiger partial charge in [-0.15, -0.1) is 11.3 Å². The van der Waals surface area contributed by atoms with Crippen molar-refractivity contribution in [3.8, 4) is 10.4 Å². The molecular formula is C24H26FN5O2S. The van der Waals surface area contributed by atoms with Crippen molar-refractivity contribution in [3.63, 3.8) is 0 Å². The molecule has 172 valence electrons. The number of carbonyl (C=O) groups excluding carboxylic acids is 2. The summed E-state index contributed by atoms with van der Waals surface area (Å²) in [5, 5.41) is 5.24. The third kappa shape index (κ3) is 3.74. The van der Waals surface area contributed by atoms with Gasteiger partial charge in [0.15, 0.2) is 0 Å². The molecule has 1 aromatic carbocycles. The highest BCUT2D eigenvalue weighted by atomic mass is 32.1. The fourth-order valence-corrected chi connectivity index (χ4v) is 6.09. The molecule has 0 unspecified atom stereocenters. The van der Waals surface area contributed by atoms with Gasteiger partial charge >= 0.3 is 0 Å². The Morgan fingerprint density at radius 1 is 1.27 bits per heavy atom. The Kier molecular flexibility index (Phi) is 5.31. The zero-order valence-electron chi connectivity index (χ0n) is 18.8. The quantitative estimate of drug-likeness (QED) is 0.598. The molecule has 3 aromatic rings. The Hall–Kier alpha value is -3.07. The molecule has 0 spiro atoms. The van der Waals surface area contributed by atoms with E-state index >= 15 is 0 Å². The normalized spacial score (nSPS) is 21.3. The van der Waals surface area contributed by atoms with E-state index in [1.807, 2.05) is 25.7 Å². The van der Waals surface area contributed by atoms with Gasteiger partial charge in [-0.3, -0.25) is 14.3 Å². The molecule has 33 heavy (non-hydrogen) atoms. The average molecular weight is 468 g/mol. The number of carbonyl (C=O) groups is 2. The SMILES string of the molecule is CCn1nc(C)c(C[C@@H]2C[C@@H]3C[C@@H]3N2C(=O)c2nc(C)sc2-c2cccc(F)c2)c1C(N)=O. The molecule has 1 saturated heterocycles. The molecule has 2 aliphatic rings. The highest BCUT2D eigenvalue weighted by Gasteiger charge is 2.54. The number of hydrogen-bond donors (Lipinski definition) is 1. The summed E-state index contributed by atoms with van der Waals surface area (Å²) in [5.41, 5.74) is 8.71. The molecule has 0 bridgehead atoms. The largest absolute Gasteiger partial charge is 0.364 e. The molecule has 9 heteroatoms. The first kappa shape index (κ1) is 21.8. The van der Waals surface area contributed by atoms with E-state index in [2.05, 4.69) is 10.1 Å². The predicted molar refractivity (Wildman–Crippen MR) is 124 cm³/mol. The highest BCUT2D eigenvalue weighted by molar-refractivity contribution is 7.15. The van der Waals surface area contributed by atoms with Crippen LogP contribution in [-0.4, -0.2) is 43.6 Å². The summed E-state index contributed by atoms with van der Waals surface area (Å²) in [6.45, 7) is 6.20. The number of amides is 2. The van der Waals surface area contributed by atoms with Crippen LogP contribution >= 0.6 is 11.3 Å². The average Bonchev–Trinajstić information content (AvgIpc) is 3.11. The molecule has 5 rings (SSSR count). The number of benzene rings is 1. The number of fused-ring (bicyclic) bond motifs is 1. The van der Waals surface area contributed by atoms with E-state index in [1.54, 1.807) is 16.8 Å². The first-order valence-corrected chi connectivity index (χ1v) is 12.0. The predicted octanol–water partition coefficient (Wildman–Crippen LogP) is 3.73. The molecule has 3 heterocycles. The van der Waals surface area contributed by atoms with Crippen molar-refractivity contribution in [2.75, 3.05) is 0 Å². The number of likely N-dealkylation sites (tertiary alicyclic amines) is 1. The van der Waals surface area contributed by atoms with Gasteiger partial charge in [-0.05, 0) is 63.6 Å². The molecule has 7 nitrogen and oxygen atoms in total. The van der Waals surface area contributed by atoms with E-state index in [4.69, 9.17) is 5.73 Å². The van der Waals surface area contributed by atoms with Crippen LogP contribution in [-0.2, 0) is 13.0 Å². The maximum Gasteiger partial charge on any atom is 0.274 e. The Morgan fingerprint density at radius 2 is 2.06 bits per heavy atom. The van der Waals surface area contributed by atoms with Crippen molar-refractivity contribution in [1.29, 1.82) is 0 Å². The molecule has 1 saturated carbocycles. The third-order valence-corrected chi connectivity index (χ3v) is 7.71. The van der Waals surface area contributed by atoms with E-state index in [1.165, 1.54) is 23.5 Å². The topological polar surface area (TPSA) is 94.1 Å². The van der Waals surface area contributed by atoms with Gasteiger partial charge in [0.25, 0.3) is 11.8 Å². The summed E-state index contributed by atoms with van der Waals surface area (Å²) >= 11 is 1.40. The molecule has 2 N–H and O–H groups in total. The zero-order valence-corrected chi connectivity index (χ0v) is 19.7. The van der Waals surface area contributed by atoms with Crippen molar-refractivity contribution in [1.82, 2.24) is 19.7 Å². The van der Waals surface area contributed by atoms with Gasteiger partial charge in [-0.25, -0.2) is 9.37 Å². The molecule has 0 radical (unpaired) electrons. The summed E-state index contributed by atoms with van der Waals surface area (Å²) in [6, 6.07) is 6.39. The molecule has 2 aromatic heterocycles. The van der Waals surface area contributed by atoms with Crippen molar-refractivity contribution in [2.45, 2.75) is 58.7 Å². The number of nitrogens with zero attached hydrogens (tertiary/aromatic N) is 4. The lowest BCUT2D eigenvalue weighted by atomic mass is 9.99. The number of aromatic nitrogens is 3. The van der Waals surface area contributed by atoms with Crippen LogP contribution in [0.4, 0.5) is 4.39 Å². The van der Waals surface area contributed by atoms with Crippen LogP contribution in [0, 0.1) is 25.6 Å². The summed E-state index contributed by atoms with van der Waals surface area (Å²) in [5.74, 6) is -0.512. The van der Waals surface area contributed by atoms with Gasteiger partial charge in [-0.2, -0.15) is 5.10 Å². The van der Waals surface area contributed by atoms with Crippen LogP contribution in [0.1, 0.15) is 57.0 Å². The summed E-state index contributed by atoms with van der Waals surface area (Å²) in [7, 11) is 0. The van der Waals surface area contributed by atoms with Gasteiger partial charge in [0.2, 0.25) is 0 Å². The van der Waals surface area contributed by atoms with E-state index in [-0.39, 0.29) is 23.8 Å². The minimum Gasteiger partial charge on any atom is -0.364 e. The van der Waals surface area contributed by atoms with Crippen LogP contribution < -0.4 is 5.73 Å². The summed E-state index contributed by atoms with van der Waals surface area (Å²) < 4.78 is 15.5. The van der Waals surface area contributed by atoms with Gasteiger partial charge in [0.1, 0.15) is 17.2 Å². The number of aryl methyl sites for hydroxylation is 3. The Labute approximate surface area is 195 Å². The number of nitrogens with two attached hydrogens (primary N) is 1. The summed E-state index contributed by atoms with van der Waals surface area (Å²) in [6.07, 6.45) is 2.39. The molecule has 1 aliphatic carbocycles. The fraction of sp³-hybridized carbons (Fsp3) is 0.417. The first-order chi connectivity index (χ1) is 15.8. The summed E-state index contributed by atoms with van der Waals surface area (Å²) in [4.78, 5) is 33.2. The lowest BCUT2D eigenvalue weighted by Crippen LogP contribution is -2.40. The number of rotatable bonds is 6.